The topological polar surface area (TPSA) is 103 Å². The van der Waals surface area contributed by atoms with Gasteiger partial charge in [0.1, 0.15) is 17.7 Å². The third-order valence-corrected chi connectivity index (χ3v) is 8.37. The lowest BCUT2D eigenvalue weighted by Crippen LogP contribution is -2.40. The number of rotatable bonds is 8. The Kier molecular flexibility index (Phi) is 8.37. The van der Waals surface area contributed by atoms with Crippen molar-refractivity contribution in [3.05, 3.63) is 89.5 Å². The summed E-state index contributed by atoms with van der Waals surface area (Å²) in [6.45, 7) is 5.69. The van der Waals surface area contributed by atoms with Crippen LogP contribution in [-0.4, -0.2) is 35.9 Å². The summed E-state index contributed by atoms with van der Waals surface area (Å²) in [6.07, 6.45) is 2.90. The first kappa shape index (κ1) is 28.7. The number of hydrogen-bond acceptors (Lipinski definition) is 8. The highest BCUT2D eigenvalue weighted by Crippen LogP contribution is 2.38. The number of anilines is 1. The minimum atomic E-state index is -0.837. The Hall–Kier alpha value is -3.83. The molecule has 0 fully saturated rings. The lowest BCUT2D eigenvalue weighted by molar-refractivity contribution is -0.139. The average molecular weight is 638 g/mol. The van der Waals surface area contributed by atoms with E-state index >= 15 is 0 Å². The summed E-state index contributed by atoms with van der Waals surface area (Å²) >= 11 is 4.71. The molecule has 0 radical (unpaired) electrons. The minimum Gasteiger partial charge on any atom is -0.496 e. The fourth-order valence-corrected chi connectivity index (χ4v) is 6.43. The zero-order valence-electron chi connectivity index (χ0n) is 23.1. The first-order valence-electron chi connectivity index (χ1n) is 13.3. The number of hydrazone groups is 1. The Morgan fingerprint density at radius 1 is 1.15 bits per heavy atom. The molecule has 0 bridgehead atoms. The Morgan fingerprint density at radius 3 is 2.59 bits per heavy atom. The number of hydrogen-bond donors (Lipinski definition) is 0. The molecule has 0 spiro atoms. The van der Waals surface area contributed by atoms with E-state index in [1.807, 2.05) is 49.4 Å². The summed E-state index contributed by atoms with van der Waals surface area (Å²) in [6, 6.07) is 13.8. The van der Waals surface area contributed by atoms with E-state index in [4.69, 9.17) is 14.5 Å². The van der Waals surface area contributed by atoms with Crippen LogP contribution in [0.2, 0.25) is 0 Å². The molecule has 2 aliphatic heterocycles. The van der Waals surface area contributed by atoms with Crippen LogP contribution in [0.15, 0.2) is 79.2 Å². The smallest absolute Gasteiger partial charge is 0.338 e. The highest BCUT2D eigenvalue weighted by molar-refractivity contribution is 9.10. The van der Waals surface area contributed by atoms with Crippen molar-refractivity contribution in [1.29, 1.82) is 0 Å². The quantitative estimate of drug-likeness (QED) is 0.342. The Morgan fingerprint density at radius 2 is 1.90 bits per heavy atom. The molecule has 41 heavy (non-hydrogen) atoms. The molecule has 0 N–H and O–H groups in total. The van der Waals surface area contributed by atoms with Gasteiger partial charge in [0.2, 0.25) is 0 Å². The third kappa shape index (κ3) is 5.31. The second-order valence-corrected chi connectivity index (χ2v) is 11.5. The van der Waals surface area contributed by atoms with Gasteiger partial charge in [-0.25, -0.2) is 9.79 Å². The van der Waals surface area contributed by atoms with Crippen molar-refractivity contribution in [2.75, 3.05) is 18.7 Å². The molecule has 212 valence electrons. The van der Waals surface area contributed by atoms with Crippen molar-refractivity contribution in [2.45, 2.75) is 39.7 Å². The summed E-state index contributed by atoms with van der Waals surface area (Å²) in [7, 11) is 1.55. The number of methoxy groups -OCH3 is 1. The second-order valence-electron chi connectivity index (χ2n) is 9.53. The standard InChI is InChI=1S/C30H29BrN4O5S/c1-5-10-22-25(29(38)40-6-2)26(21-15-18(31)13-14-23(21)39-4)34-28(37)24(41-30(34)32-22)16-20-17(3)33-35(27(20)36)19-11-8-7-9-12-19/h7-9,11-16,20,26H,5-6,10H2,1-4H3/b24-16-/t20-,26+/m1/s1. The molecule has 2 aliphatic rings. The molecule has 0 saturated carbocycles. The van der Waals surface area contributed by atoms with E-state index in [1.165, 1.54) is 20.9 Å². The molecule has 0 aliphatic carbocycles. The van der Waals surface area contributed by atoms with E-state index in [2.05, 4.69) is 21.0 Å². The first-order valence-corrected chi connectivity index (χ1v) is 14.9. The number of carbonyl (C=O) groups is 2. The zero-order valence-corrected chi connectivity index (χ0v) is 25.5. The van der Waals surface area contributed by atoms with Gasteiger partial charge in [0.25, 0.3) is 11.5 Å². The maximum absolute atomic E-state index is 14.1. The van der Waals surface area contributed by atoms with E-state index in [0.29, 0.717) is 49.7 Å². The average Bonchev–Trinajstić information content (AvgIpc) is 3.43. The van der Waals surface area contributed by atoms with Crippen molar-refractivity contribution in [2.24, 2.45) is 16.0 Å². The van der Waals surface area contributed by atoms with Crippen LogP contribution in [-0.2, 0) is 14.3 Å². The molecule has 0 saturated heterocycles. The highest BCUT2D eigenvalue weighted by atomic mass is 79.9. The van der Waals surface area contributed by atoms with Crippen molar-refractivity contribution in [3.8, 4) is 5.75 Å². The van der Waals surface area contributed by atoms with E-state index in [9.17, 15) is 14.4 Å². The SMILES string of the molecule is CCCC1=C(C(=O)OCC)[C@H](c2cc(Br)ccc2OC)n2c(s/c(=C\[C@H]3C(=O)N(c4ccccc4)N=C3C)c2=O)=N1. The number of benzene rings is 2. The molecule has 2 aromatic carbocycles. The number of allylic oxidation sites excluding steroid dienone is 1. The normalized spacial score (nSPS) is 18.8. The number of esters is 1. The van der Waals surface area contributed by atoms with Crippen LogP contribution in [0.5, 0.6) is 5.75 Å². The molecule has 9 nitrogen and oxygen atoms in total. The van der Waals surface area contributed by atoms with Crippen LogP contribution < -0.4 is 24.6 Å². The number of halogens is 1. The molecular weight excluding hydrogens is 608 g/mol. The Balaban J connectivity index is 1.71. The van der Waals surface area contributed by atoms with E-state index < -0.39 is 17.9 Å². The Labute approximate surface area is 249 Å². The minimum absolute atomic E-state index is 0.175. The fraction of sp³-hybridized carbons (Fsp3) is 0.300. The van der Waals surface area contributed by atoms with Crippen LogP contribution in [0, 0.1) is 5.92 Å². The number of thiazole rings is 1. The number of carbonyl (C=O) groups excluding carboxylic acids is 2. The van der Waals surface area contributed by atoms with Gasteiger partial charge in [-0.05, 0) is 56.7 Å². The molecule has 5 rings (SSSR count). The van der Waals surface area contributed by atoms with Crippen LogP contribution in [0.3, 0.4) is 0 Å². The summed E-state index contributed by atoms with van der Waals surface area (Å²) in [5.41, 5.74) is 2.35. The number of ether oxygens (including phenoxy) is 2. The van der Waals surface area contributed by atoms with Crippen LogP contribution in [0.25, 0.3) is 6.08 Å². The maximum Gasteiger partial charge on any atom is 0.338 e. The molecular formula is C30H29BrN4O5S. The highest BCUT2D eigenvalue weighted by Gasteiger charge is 2.37. The molecule has 3 heterocycles. The molecule has 1 amide bonds. The van der Waals surface area contributed by atoms with Gasteiger partial charge in [0.05, 0.1) is 40.9 Å². The van der Waals surface area contributed by atoms with Crippen molar-refractivity contribution in [1.82, 2.24) is 4.57 Å². The van der Waals surface area contributed by atoms with Gasteiger partial charge in [0, 0.05) is 10.0 Å². The number of fused-ring (bicyclic) bond motifs is 1. The first-order chi connectivity index (χ1) is 19.8. The maximum atomic E-state index is 14.1. The van der Waals surface area contributed by atoms with Gasteiger partial charge in [-0.2, -0.15) is 10.1 Å². The fourth-order valence-electron chi connectivity index (χ4n) is 5.03. The molecule has 3 aromatic rings. The molecule has 11 heteroatoms. The molecule has 0 unspecified atom stereocenters. The summed E-state index contributed by atoms with van der Waals surface area (Å²) in [5.74, 6) is -0.980. The van der Waals surface area contributed by atoms with E-state index in [1.54, 1.807) is 33.1 Å². The van der Waals surface area contributed by atoms with Crippen molar-refractivity contribution < 1.29 is 19.1 Å². The number of aromatic nitrogens is 1. The third-order valence-electron chi connectivity index (χ3n) is 6.88. The van der Waals surface area contributed by atoms with E-state index in [0.717, 1.165) is 10.9 Å². The number of nitrogens with zero attached hydrogens (tertiary/aromatic N) is 4. The van der Waals surface area contributed by atoms with Crippen LogP contribution in [0.1, 0.15) is 45.2 Å². The zero-order chi connectivity index (χ0) is 29.3. The summed E-state index contributed by atoms with van der Waals surface area (Å²) in [4.78, 5) is 46.2. The lowest BCUT2D eigenvalue weighted by Gasteiger charge is -2.27. The number of para-hydroxylation sites is 1. The monoisotopic (exact) mass is 636 g/mol. The Bertz CT molecular complexity index is 1760. The lowest BCUT2D eigenvalue weighted by atomic mass is 9.93. The largest absolute Gasteiger partial charge is 0.496 e. The van der Waals surface area contributed by atoms with Gasteiger partial charge < -0.3 is 9.47 Å². The van der Waals surface area contributed by atoms with Crippen LogP contribution in [0.4, 0.5) is 5.69 Å². The molecule has 2 atom stereocenters. The summed E-state index contributed by atoms with van der Waals surface area (Å²) < 4.78 is 13.8. The molecule has 1 aromatic heterocycles. The van der Waals surface area contributed by atoms with Gasteiger partial charge in [0.15, 0.2) is 4.80 Å². The van der Waals surface area contributed by atoms with Gasteiger partial charge in [-0.3, -0.25) is 14.2 Å². The predicted octanol–water partition coefficient (Wildman–Crippen LogP) is 4.34. The second kappa shape index (κ2) is 12.0. The van der Waals surface area contributed by atoms with Gasteiger partial charge >= 0.3 is 5.97 Å². The van der Waals surface area contributed by atoms with Crippen molar-refractivity contribution >= 4 is 56.6 Å². The predicted molar refractivity (Wildman–Crippen MR) is 162 cm³/mol. The van der Waals surface area contributed by atoms with Gasteiger partial charge in [-0.15, -0.1) is 0 Å². The number of amides is 1. The van der Waals surface area contributed by atoms with E-state index in [-0.39, 0.29) is 18.1 Å². The van der Waals surface area contributed by atoms with Crippen molar-refractivity contribution in [3.63, 3.8) is 0 Å². The van der Waals surface area contributed by atoms with Crippen LogP contribution >= 0.6 is 27.3 Å². The van der Waals surface area contributed by atoms with Gasteiger partial charge in [-0.1, -0.05) is 58.8 Å². The summed E-state index contributed by atoms with van der Waals surface area (Å²) in [5, 5.41) is 5.83.